The summed E-state index contributed by atoms with van der Waals surface area (Å²) in [7, 11) is 0. The van der Waals surface area contributed by atoms with Crippen LogP contribution in [0.1, 0.15) is 157 Å². The fourth-order valence-electron chi connectivity index (χ4n) is 14.4. The maximum atomic E-state index is 14.4. The number of carboxylic acids is 1. The normalized spacial score (nSPS) is 42.9. The molecule has 51 heavy (non-hydrogen) atoms. The van der Waals surface area contributed by atoms with Gasteiger partial charge in [-0.05, 0) is 148 Å². The number of fused-ring (bicyclic) bond motifs is 7. The number of carbonyl (C=O) groups excluding carboxylic acids is 2. The van der Waals surface area contributed by atoms with Crippen LogP contribution in [0.25, 0.3) is 0 Å². The van der Waals surface area contributed by atoms with Crippen LogP contribution < -0.4 is 5.32 Å². The van der Waals surface area contributed by atoms with Gasteiger partial charge in [0.25, 0.3) is 0 Å². The van der Waals surface area contributed by atoms with Gasteiger partial charge < -0.3 is 20.4 Å². The lowest BCUT2D eigenvalue weighted by molar-refractivity contribution is -0.246. The Labute approximate surface area is 309 Å². The molecular formula is C44H72N2O5. The number of rotatable bonds is 11. The first-order chi connectivity index (χ1) is 24.0. The Hall–Kier alpha value is -1.89. The van der Waals surface area contributed by atoms with Crippen molar-refractivity contribution in [2.24, 2.45) is 62.6 Å². The van der Waals surface area contributed by atoms with Crippen molar-refractivity contribution in [3.8, 4) is 0 Å². The second kappa shape index (κ2) is 14.4. The zero-order chi connectivity index (χ0) is 37.0. The van der Waals surface area contributed by atoms with Crippen molar-refractivity contribution in [3.63, 3.8) is 0 Å². The van der Waals surface area contributed by atoms with Gasteiger partial charge in [-0.2, -0.15) is 0 Å². The van der Waals surface area contributed by atoms with E-state index >= 15 is 0 Å². The Bertz CT molecular complexity index is 1340. The van der Waals surface area contributed by atoms with Gasteiger partial charge in [-0.15, -0.1) is 0 Å². The molecule has 0 spiro atoms. The topological polar surface area (TPSA) is 107 Å². The highest BCUT2D eigenvalue weighted by molar-refractivity contribution is 5.84. The van der Waals surface area contributed by atoms with E-state index in [1.165, 1.54) is 31.3 Å². The van der Waals surface area contributed by atoms with Crippen molar-refractivity contribution in [2.75, 3.05) is 19.6 Å². The first-order valence-electron chi connectivity index (χ1n) is 21.2. The minimum absolute atomic E-state index is 0.0382. The summed E-state index contributed by atoms with van der Waals surface area (Å²) in [4.78, 5) is 40.2. The zero-order valence-corrected chi connectivity index (χ0v) is 33.2. The summed E-state index contributed by atoms with van der Waals surface area (Å²) in [6.45, 7) is 21.0. The number of aliphatic hydroxyl groups is 1. The number of hydrogen-bond donors (Lipinski definition) is 3. The lowest BCUT2D eigenvalue weighted by atomic mass is 9.32. The second-order valence-corrected chi connectivity index (χ2v) is 20.0. The van der Waals surface area contributed by atoms with Crippen molar-refractivity contribution >= 4 is 17.8 Å². The Kier molecular flexibility index (Phi) is 11.0. The van der Waals surface area contributed by atoms with Gasteiger partial charge in [-0.25, -0.2) is 0 Å². The standard InChI is InChI=1S/C44H72N2O5/c1-29(2)31-18-23-44(39(51)45-26-12-10-8-9-11-15-36(48)46-27-13-14-30(28-46)38(49)50)25-24-42(6)32(37(31)44)16-17-34-41(5)21-20-35(47)40(3,4)33(41)19-22-43(34,42)7/h30-35,37,47H,1,8-28H2,2-7H3,(H,45,51)(H,49,50)/t30?,31-,32+,33-,34+,35-,37+,41-,42+,43+,44-/m0/s1. The summed E-state index contributed by atoms with van der Waals surface area (Å²) in [6, 6.07) is 0. The van der Waals surface area contributed by atoms with Crippen molar-refractivity contribution in [3.05, 3.63) is 12.2 Å². The van der Waals surface area contributed by atoms with Crippen LogP contribution in [0.4, 0.5) is 0 Å². The van der Waals surface area contributed by atoms with E-state index in [9.17, 15) is 24.6 Å². The number of allylic oxidation sites excluding steroid dienone is 1. The third-order valence-corrected chi connectivity index (χ3v) is 17.5. The molecule has 1 aliphatic heterocycles. The molecular weight excluding hydrogens is 636 g/mol. The first kappa shape index (κ1) is 38.8. The number of aliphatic carboxylic acids is 1. The molecule has 2 amide bonds. The zero-order valence-electron chi connectivity index (χ0n) is 33.2. The lowest BCUT2D eigenvalue weighted by Crippen LogP contribution is -2.67. The highest BCUT2D eigenvalue weighted by atomic mass is 16.4. The Balaban J connectivity index is 1.05. The lowest BCUT2D eigenvalue weighted by Gasteiger charge is -2.72. The van der Waals surface area contributed by atoms with Crippen molar-refractivity contribution in [2.45, 2.75) is 163 Å². The average molecular weight is 709 g/mol. The van der Waals surface area contributed by atoms with Crippen molar-refractivity contribution in [1.29, 1.82) is 0 Å². The van der Waals surface area contributed by atoms with Gasteiger partial charge in [0.05, 0.1) is 17.4 Å². The van der Waals surface area contributed by atoms with Gasteiger partial charge >= 0.3 is 5.97 Å². The van der Waals surface area contributed by atoms with Crippen LogP contribution in [0.3, 0.4) is 0 Å². The molecule has 6 rings (SSSR count). The van der Waals surface area contributed by atoms with Crippen LogP contribution in [-0.2, 0) is 14.4 Å². The third-order valence-electron chi connectivity index (χ3n) is 17.5. The van der Waals surface area contributed by atoms with Crippen LogP contribution in [0, 0.1) is 62.6 Å². The van der Waals surface area contributed by atoms with Gasteiger partial charge in [-0.1, -0.05) is 66.0 Å². The molecule has 1 heterocycles. The number of hydrogen-bond acceptors (Lipinski definition) is 4. The predicted octanol–water partition coefficient (Wildman–Crippen LogP) is 8.78. The van der Waals surface area contributed by atoms with Crippen LogP contribution in [-0.4, -0.2) is 58.6 Å². The van der Waals surface area contributed by atoms with Gasteiger partial charge in [-0.3, -0.25) is 14.4 Å². The molecule has 0 aromatic carbocycles. The van der Waals surface area contributed by atoms with Crippen LogP contribution >= 0.6 is 0 Å². The highest BCUT2D eigenvalue weighted by Gasteiger charge is 2.71. The van der Waals surface area contributed by atoms with Gasteiger partial charge in [0.1, 0.15) is 0 Å². The van der Waals surface area contributed by atoms with E-state index in [1.54, 1.807) is 4.90 Å². The summed E-state index contributed by atoms with van der Waals surface area (Å²) in [5, 5.41) is 23.9. The fourth-order valence-corrected chi connectivity index (χ4v) is 14.4. The summed E-state index contributed by atoms with van der Waals surface area (Å²) in [5.41, 5.74) is 1.64. The minimum atomic E-state index is -0.792. The molecule has 1 saturated heterocycles. The van der Waals surface area contributed by atoms with Gasteiger partial charge in [0.15, 0.2) is 0 Å². The van der Waals surface area contributed by atoms with E-state index in [4.69, 9.17) is 0 Å². The van der Waals surface area contributed by atoms with E-state index in [-0.39, 0.29) is 39.1 Å². The molecule has 1 unspecified atom stereocenters. The van der Waals surface area contributed by atoms with Gasteiger partial charge in [0, 0.05) is 26.1 Å². The summed E-state index contributed by atoms with van der Waals surface area (Å²) >= 11 is 0. The summed E-state index contributed by atoms with van der Waals surface area (Å²) in [6.07, 6.45) is 17.8. The number of nitrogens with one attached hydrogen (secondary N) is 1. The fraction of sp³-hybridized carbons (Fsp3) is 0.886. The molecule has 5 aliphatic carbocycles. The number of carbonyl (C=O) groups is 3. The molecule has 0 bridgehead atoms. The van der Waals surface area contributed by atoms with E-state index in [0.717, 1.165) is 83.6 Å². The average Bonchev–Trinajstić information content (AvgIpc) is 3.49. The number of likely N-dealkylation sites (tertiary alicyclic amines) is 1. The number of aliphatic hydroxyl groups excluding tert-OH is 1. The quantitative estimate of drug-likeness (QED) is 0.147. The molecule has 11 atom stereocenters. The monoisotopic (exact) mass is 709 g/mol. The molecule has 5 saturated carbocycles. The molecule has 288 valence electrons. The third kappa shape index (κ3) is 6.43. The maximum Gasteiger partial charge on any atom is 0.308 e. The maximum absolute atomic E-state index is 14.4. The largest absolute Gasteiger partial charge is 0.481 e. The first-order valence-corrected chi connectivity index (χ1v) is 21.2. The van der Waals surface area contributed by atoms with Crippen LogP contribution in [0.2, 0.25) is 0 Å². The number of amides is 2. The minimum Gasteiger partial charge on any atom is -0.481 e. The highest BCUT2D eigenvalue weighted by Crippen LogP contribution is 2.77. The molecule has 0 radical (unpaired) electrons. The molecule has 6 fully saturated rings. The van der Waals surface area contributed by atoms with Crippen molar-refractivity contribution < 1.29 is 24.6 Å². The number of nitrogens with zero attached hydrogens (tertiary/aromatic N) is 1. The van der Waals surface area contributed by atoms with Gasteiger partial charge in [0.2, 0.25) is 11.8 Å². The molecule has 6 aliphatic rings. The molecule has 7 heteroatoms. The molecule has 7 nitrogen and oxygen atoms in total. The van der Waals surface area contributed by atoms with E-state index < -0.39 is 11.9 Å². The molecule has 0 aromatic heterocycles. The van der Waals surface area contributed by atoms with E-state index in [2.05, 4.69) is 53.4 Å². The SMILES string of the molecule is C=C(C)[C@@H]1CC[C@]2(C(=O)NCCCCCCCC(=O)N3CCCC(C(=O)O)C3)CC[C@]3(C)[C@H](CC[C@@H]4[C@@]5(C)CC[C@H](O)C(C)(C)[C@@H]5CC[C@]43C)[C@@H]12. The van der Waals surface area contributed by atoms with Crippen LogP contribution in [0.5, 0.6) is 0 Å². The smallest absolute Gasteiger partial charge is 0.308 e. The Morgan fingerprint density at radius 1 is 0.804 bits per heavy atom. The van der Waals surface area contributed by atoms with Crippen molar-refractivity contribution in [1.82, 2.24) is 10.2 Å². The predicted molar refractivity (Wildman–Crippen MR) is 203 cm³/mol. The molecule has 3 N–H and O–H groups in total. The van der Waals surface area contributed by atoms with Crippen LogP contribution in [0.15, 0.2) is 12.2 Å². The summed E-state index contributed by atoms with van der Waals surface area (Å²) < 4.78 is 0. The second-order valence-electron chi connectivity index (χ2n) is 20.0. The Morgan fingerprint density at radius 3 is 2.25 bits per heavy atom. The van der Waals surface area contributed by atoms with E-state index in [0.29, 0.717) is 61.4 Å². The molecule has 0 aromatic rings. The number of piperidine rings is 1. The Morgan fingerprint density at radius 2 is 1.53 bits per heavy atom. The summed E-state index contributed by atoms with van der Waals surface area (Å²) in [5.74, 6) is 1.72. The van der Waals surface area contributed by atoms with E-state index in [1.807, 2.05) is 0 Å². The number of carboxylic acid groups (broad SMARTS) is 1. The number of unbranched alkanes of at least 4 members (excludes halogenated alkanes) is 4.